The fourth-order valence-electron chi connectivity index (χ4n) is 3.10. The van der Waals surface area contributed by atoms with Crippen LogP contribution in [-0.4, -0.2) is 65.5 Å². The second-order valence-corrected chi connectivity index (χ2v) is 6.73. The molecule has 1 aliphatic rings. The summed E-state index contributed by atoms with van der Waals surface area (Å²) in [6.07, 6.45) is 1.09. The average molecular weight is 396 g/mol. The van der Waals surface area contributed by atoms with Crippen LogP contribution in [-0.2, 0) is 4.74 Å². The number of nitrogens with zero attached hydrogens (tertiary/aromatic N) is 3. The second-order valence-electron chi connectivity index (χ2n) is 6.73. The maximum atomic E-state index is 12.8. The topological polar surface area (TPSA) is 91.8 Å². The molecule has 0 unspecified atom stereocenters. The molecule has 1 saturated heterocycles. The summed E-state index contributed by atoms with van der Waals surface area (Å²) in [6.45, 7) is 5.66. The van der Waals surface area contributed by atoms with E-state index < -0.39 is 0 Å². The maximum Gasteiger partial charge on any atom is 0.409 e. The summed E-state index contributed by atoms with van der Waals surface area (Å²) in [5.41, 5.74) is 2.26. The van der Waals surface area contributed by atoms with Crippen LogP contribution >= 0.6 is 0 Å². The second kappa shape index (κ2) is 9.18. The lowest BCUT2D eigenvalue weighted by molar-refractivity contribution is 0.0570. The van der Waals surface area contributed by atoms with Gasteiger partial charge >= 0.3 is 6.09 Å². The Morgan fingerprint density at radius 2 is 1.79 bits per heavy atom. The summed E-state index contributed by atoms with van der Waals surface area (Å²) in [4.78, 5) is 44.4. The number of nitrogens with one attached hydrogen (secondary N) is 1. The number of aromatic nitrogens is 1. The number of carbonyl (C=O) groups excluding carboxylic acids is 3. The van der Waals surface area contributed by atoms with Gasteiger partial charge in [-0.1, -0.05) is 12.1 Å². The van der Waals surface area contributed by atoms with Crippen molar-refractivity contribution in [1.82, 2.24) is 14.8 Å². The smallest absolute Gasteiger partial charge is 0.409 e. The highest BCUT2D eigenvalue weighted by molar-refractivity contribution is 6.04. The Hall–Kier alpha value is -3.42. The highest BCUT2D eigenvalue weighted by Gasteiger charge is 2.26. The number of anilines is 1. The number of ether oxygens (including phenoxy) is 1. The largest absolute Gasteiger partial charge is 0.450 e. The first-order chi connectivity index (χ1) is 14.0. The molecule has 3 rings (SSSR count). The number of carbonyl (C=O) groups is 3. The standard InChI is InChI=1S/C21H24N4O4/c1-3-29-21(28)25-11-9-24(10-12-25)20(27)16-7-8-22-18(14-16)19(26)23-17-6-4-5-15(2)13-17/h4-8,13-14H,3,9-12H2,1-2H3,(H,23,26). The van der Waals surface area contributed by atoms with Crippen molar-refractivity contribution in [3.63, 3.8) is 0 Å². The van der Waals surface area contributed by atoms with Crippen LogP contribution in [0.1, 0.15) is 33.3 Å². The Kier molecular flexibility index (Phi) is 6.43. The molecular weight excluding hydrogens is 372 g/mol. The first-order valence-electron chi connectivity index (χ1n) is 9.53. The van der Waals surface area contributed by atoms with E-state index in [2.05, 4.69) is 10.3 Å². The van der Waals surface area contributed by atoms with Crippen LogP contribution in [0, 0.1) is 6.92 Å². The van der Waals surface area contributed by atoms with Gasteiger partial charge in [-0.3, -0.25) is 14.6 Å². The SMILES string of the molecule is CCOC(=O)N1CCN(C(=O)c2ccnc(C(=O)Nc3cccc(C)c3)c2)CC1. The predicted molar refractivity (Wildman–Crippen MR) is 108 cm³/mol. The number of aryl methyl sites for hydroxylation is 1. The lowest BCUT2D eigenvalue weighted by atomic mass is 10.1. The van der Waals surface area contributed by atoms with Crippen molar-refractivity contribution in [3.05, 3.63) is 59.4 Å². The van der Waals surface area contributed by atoms with Crippen LogP contribution in [0.5, 0.6) is 0 Å². The molecule has 8 nitrogen and oxygen atoms in total. The first-order valence-corrected chi connectivity index (χ1v) is 9.53. The summed E-state index contributed by atoms with van der Waals surface area (Å²) < 4.78 is 4.99. The van der Waals surface area contributed by atoms with Crippen molar-refractivity contribution >= 4 is 23.6 Å². The summed E-state index contributed by atoms with van der Waals surface area (Å²) in [5, 5.41) is 2.79. The van der Waals surface area contributed by atoms with Gasteiger partial charge in [-0.05, 0) is 43.7 Å². The minimum absolute atomic E-state index is 0.169. The van der Waals surface area contributed by atoms with Gasteiger partial charge in [0.05, 0.1) is 6.61 Å². The molecule has 0 spiro atoms. The van der Waals surface area contributed by atoms with Gasteiger partial charge in [0, 0.05) is 43.6 Å². The molecule has 2 aromatic rings. The maximum absolute atomic E-state index is 12.8. The lowest BCUT2D eigenvalue weighted by Gasteiger charge is -2.34. The summed E-state index contributed by atoms with van der Waals surface area (Å²) >= 11 is 0. The van der Waals surface area contributed by atoms with Gasteiger partial charge in [-0.2, -0.15) is 0 Å². The third-order valence-corrected chi connectivity index (χ3v) is 4.61. The van der Waals surface area contributed by atoms with E-state index in [1.807, 2.05) is 25.1 Å². The third kappa shape index (κ3) is 5.10. The average Bonchev–Trinajstić information content (AvgIpc) is 2.73. The zero-order chi connectivity index (χ0) is 20.8. The number of hydrogen-bond acceptors (Lipinski definition) is 5. The van der Waals surface area contributed by atoms with E-state index in [1.165, 1.54) is 12.3 Å². The molecule has 3 amide bonds. The Labute approximate surface area is 169 Å². The molecule has 2 heterocycles. The van der Waals surface area contributed by atoms with E-state index in [1.54, 1.807) is 28.9 Å². The Morgan fingerprint density at radius 1 is 1.07 bits per heavy atom. The molecule has 1 aliphatic heterocycles. The van der Waals surface area contributed by atoms with Crippen LogP contribution in [0.25, 0.3) is 0 Å². The Balaban J connectivity index is 1.64. The molecule has 1 N–H and O–H groups in total. The summed E-state index contributed by atoms with van der Waals surface area (Å²) in [7, 11) is 0. The van der Waals surface area contributed by atoms with Crippen LogP contribution in [0.3, 0.4) is 0 Å². The molecule has 0 radical (unpaired) electrons. The van der Waals surface area contributed by atoms with E-state index >= 15 is 0 Å². The van der Waals surface area contributed by atoms with Crippen LogP contribution in [0.4, 0.5) is 10.5 Å². The number of rotatable bonds is 4. The minimum atomic E-state index is -0.377. The highest BCUT2D eigenvalue weighted by Crippen LogP contribution is 2.13. The molecule has 29 heavy (non-hydrogen) atoms. The normalized spacial score (nSPS) is 13.7. The number of piperazine rings is 1. The van der Waals surface area contributed by atoms with Gasteiger partial charge in [0.2, 0.25) is 0 Å². The third-order valence-electron chi connectivity index (χ3n) is 4.61. The van der Waals surface area contributed by atoms with Crippen LogP contribution in [0.2, 0.25) is 0 Å². The van der Waals surface area contributed by atoms with Gasteiger partial charge in [0.25, 0.3) is 11.8 Å². The Morgan fingerprint density at radius 3 is 2.48 bits per heavy atom. The molecule has 0 saturated carbocycles. The van der Waals surface area contributed by atoms with Gasteiger partial charge in [0.1, 0.15) is 5.69 Å². The molecule has 1 aromatic carbocycles. The molecule has 0 aliphatic carbocycles. The van der Waals surface area contributed by atoms with E-state index in [4.69, 9.17) is 4.74 Å². The van der Waals surface area contributed by atoms with Crippen molar-refractivity contribution in [2.75, 3.05) is 38.1 Å². The fraction of sp³-hybridized carbons (Fsp3) is 0.333. The molecule has 1 aromatic heterocycles. The molecule has 0 atom stereocenters. The highest BCUT2D eigenvalue weighted by atomic mass is 16.6. The zero-order valence-electron chi connectivity index (χ0n) is 16.6. The molecule has 152 valence electrons. The minimum Gasteiger partial charge on any atom is -0.450 e. The fourth-order valence-corrected chi connectivity index (χ4v) is 3.10. The monoisotopic (exact) mass is 396 g/mol. The van der Waals surface area contributed by atoms with E-state index in [9.17, 15) is 14.4 Å². The lowest BCUT2D eigenvalue weighted by Crippen LogP contribution is -2.50. The van der Waals surface area contributed by atoms with Crippen molar-refractivity contribution in [1.29, 1.82) is 0 Å². The van der Waals surface area contributed by atoms with Crippen molar-refractivity contribution in [2.45, 2.75) is 13.8 Å². The van der Waals surface area contributed by atoms with Crippen LogP contribution < -0.4 is 5.32 Å². The van der Waals surface area contributed by atoms with E-state index in [0.29, 0.717) is 44.0 Å². The number of benzene rings is 1. The molecule has 1 fully saturated rings. The van der Waals surface area contributed by atoms with Gasteiger partial charge in [-0.25, -0.2) is 4.79 Å². The van der Waals surface area contributed by atoms with E-state index in [-0.39, 0.29) is 23.6 Å². The van der Waals surface area contributed by atoms with Gasteiger partial charge in [0.15, 0.2) is 0 Å². The van der Waals surface area contributed by atoms with Gasteiger partial charge < -0.3 is 19.9 Å². The van der Waals surface area contributed by atoms with Gasteiger partial charge in [-0.15, -0.1) is 0 Å². The predicted octanol–water partition coefficient (Wildman–Crippen LogP) is 2.56. The quantitative estimate of drug-likeness (QED) is 0.858. The molecular formula is C21H24N4O4. The number of amides is 3. The number of pyridine rings is 1. The van der Waals surface area contributed by atoms with Crippen molar-refractivity contribution in [3.8, 4) is 0 Å². The molecule has 0 bridgehead atoms. The van der Waals surface area contributed by atoms with E-state index in [0.717, 1.165) is 5.56 Å². The summed E-state index contributed by atoms with van der Waals surface area (Å²) in [5.74, 6) is -0.571. The number of hydrogen-bond donors (Lipinski definition) is 1. The van der Waals surface area contributed by atoms with Crippen molar-refractivity contribution < 1.29 is 19.1 Å². The molecule has 8 heteroatoms. The van der Waals surface area contributed by atoms with Crippen LogP contribution in [0.15, 0.2) is 42.6 Å². The summed E-state index contributed by atoms with van der Waals surface area (Å²) in [6, 6.07) is 10.5. The zero-order valence-corrected chi connectivity index (χ0v) is 16.6. The first kappa shape index (κ1) is 20.3. The van der Waals surface area contributed by atoms with Crippen molar-refractivity contribution in [2.24, 2.45) is 0 Å². The Bertz CT molecular complexity index is 907.